The number of hydrogen-bond donors (Lipinski definition) is 0. The molecule has 10 nitrogen and oxygen atoms in total. The minimum atomic E-state index is -5.00. The first kappa shape index (κ1) is 22.0. The Hall–Kier alpha value is -2.81. The van der Waals surface area contributed by atoms with Crippen LogP contribution in [0, 0.1) is 11.2 Å². The normalized spacial score (nSPS) is 23.0. The fourth-order valence-electron chi connectivity index (χ4n) is 4.67. The second-order valence-electron chi connectivity index (χ2n) is 8.73. The number of nitrogens with zero attached hydrogens (tertiary/aromatic N) is 7. The maximum atomic E-state index is 13.5. The Morgan fingerprint density at radius 3 is 2.48 bits per heavy atom. The van der Waals surface area contributed by atoms with Gasteiger partial charge in [0, 0.05) is 44.7 Å². The van der Waals surface area contributed by atoms with Gasteiger partial charge in [0.05, 0.1) is 16.5 Å². The summed E-state index contributed by atoms with van der Waals surface area (Å²) in [4.78, 5) is 15.5. The van der Waals surface area contributed by atoms with E-state index in [0.717, 1.165) is 16.8 Å². The molecule has 5 rings (SSSR count). The number of benzene rings is 1. The van der Waals surface area contributed by atoms with Crippen molar-refractivity contribution in [2.24, 2.45) is 5.41 Å². The molecule has 0 saturated carbocycles. The second-order valence-corrected chi connectivity index (χ2v) is 10.7. The molecule has 3 saturated heterocycles. The number of tetrazole rings is 1. The summed E-state index contributed by atoms with van der Waals surface area (Å²) >= 11 is 0. The summed E-state index contributed by atoms with van der Waals surface area (Å²) in [7, 11) is -4.20. The number of hydrogen-bond acceptors (Lipinski definition) is 6. The van der Waals surface area contributed by atoms with Gasteiger partial charge in [0.2, 0.25) is 10.0 Å². The zero-order chi connectivity index (χ0) is 23.6. The van der Waals surface area contributed by atoms with E-state index in [1.54, 1.807) is 14.5 Å². The molecule has 0 aliphatic carbocycles. The van der Waals surface area contributed by atoms with Gasteiger partial charge in [0.1, 0.15) is 12.1 Å². The summed E-state index contributed by atoms with van der Waals surface area (Å²) < 4.78 is 80.5. The quantitative estimate of drug-likeness (QED) is 0.601. The van der Waals surface area contributed by atoms with E-state index in [-0.39, 0.29) is 25.2 Å². The number of carbonyl (C=O) groups is 1. The molecule has 0 unspecified atom stereocenters. The molecule has 3 aliphatic heterocycles. The first-order chi connectivity index (χ1) is 15.5. The Balaban J connectivity index is 1.18. The van der Waals surface area contributed by atoms with Crippen LogP contribution in [0.25, 0.3) is 0 Å². The number of amides is 2. The number of likely N-dealkylation sites (tertiary alicyclic amines) is 2. The Morgan fingerprint density at radius 2 is 1.85 bits per heavy atom. The van der Waals surface area contributed by atoms with E-state index in [0.29, 0.717) is 38.3 Å². The van der Waals surface area contributed by atoms with Crippen LogP contribution in [0.3, 0.4) is 0 Å². The lowest BCUT2D eigenvalue weighted by Gasteiger charge is -2.59. The van der Waals surface area contributed by atoms with Crippen molar-refractivity contribution >= 4 is 16.1 Å². The van der Waals surface area contributed by atoms with Crippen molar-refractivity contribution in [1.82, 2.24) is 34.3 Å². The van der Waals surface area contributed by atoms with Gasteiger partial charge in [-0.05, 0) is 35.0 Å². The molecule has 15 heteroatoms. The van der Waals surface area contributed by atoms with Crippen LogP contribution in [-0.4, -0.2) is 88.0 Å². The highest BCUT2D eigenvalue weighted by molar-refractivity contribution is 7.89. The van der Waals surface area contributed by atoms with E-state index in [2.05, 4.69) is 15.5 Å². The van der Waals surface area contributed by atoms with Gasteiger partial charge >= 0.3 is 12.2 Å². The van der Waals surface area contributed by atoms with Gasteiger partial charge in [-0.2, -0.15) is 17.5 Å². The molecular weight excluding hydrogens is 470 g/mol. The second kappa shape index (κ2) is 7.35. The molecular formula is C18H19F4N7O3S. The molecule has 178 valence electrons. The number of sulfonamides is 1. The van der Waals surface area contributed by atoms with Gasteiger partial charge in [-0.25, -0.2) is 22.3 Å². The third-order valence-corrected chi connectivity index (χ3v) is 8.19. The maximum absolute atomic E-state index is 13.5. The van der Waals surface area contributed by atoms with Crippen LogP contribution in [0.15, 0.2) is 29.4 Å². The van der Waals surface area contributed by atoms with Crippen molar-refractivity contribution in [2.75, 3.05) is 39.3 Å². The van der Waals surface area contributed by atoms with Crippen molar-refractivity contribution in [1.29, 1.82) is 0 Å². The highest BCUT2D eigenvalue weighted by atomic mass is 32.2. The zero-order valence-electron chi connectivity index (χ0n) is 17.1. The lowest BCUT2D eigenvalue weighted by atomic mass is 9.74. The summed E-state index contributed by atoms with van der Waals surface area (Å²) in [6.45, 7) is 1.93. The van der Waals surface area contributed by atoms with E-state index >= 15 is 0 Å². The molecule has 2 amide bonds. The molecule has 4 heterocycles. The predicted molar refractivity (Wildman–Crippen MR) is 103 cm³/mol. The zero-order valence-corrected chi connectivity index (χ0v) is 17.9. The van der Waals surface area contributed by atoms with E-state index in [1.165, 1.54) is 6.33 Å². The van der Waals surface area contributed by atoms with Gasteiger partial charge < -0.3 is 9.80 Å². The SMILES string of the molecule is O=C(N1CC[C@H](n2cnnn2)C1)N1CC2(C1)CN(S(=O)(=O)c1ccc(F)c(C(F)(F)F)c1)C2. The van der Waals surface area contributed by atoms with E-state index in [1.807, 2.05) is 0 Å². The molecule has 1 aromatic heterocycles. The molecule has 0 bridgehead atoms. The molecule has 0 radical (unpaired) electrons. The predicted octanol–water partition coefficient (Wildman–Crippen LogP) is 1.20. The third kappa shape index (κ3) is 3.72. The molecule has 0 N–H and O–H groups in total. The van der Waals surface area contributed by atoms with Crippen LogP contribution in [0.2, 0.25) is 0 Å². The van der Waals surface area contributed by atoms with Gasteiger partial charge in [-0.1, -0.05) is 0 Å². The van der Waals surface area contributed by atoms with Crippen LogP contribution < -0.4 is 0 Å². The van der Waals surface area contributed by atoms with Crippen molar-refractivity contribution in [2.45, 2.75) is 23.5 Å². The largest absolute Gasteiger partial charge is 0.419 e. The van der Waals surface area contributed by atoms with E-state index < -0.39 is 37.9 Å². The van der Waals surface area contributed by atoms with E-state index in [4.69, 9.17) is 0 Å². The monoisotopic (exact) mass is 489 g/mol. The lowest BCUT2D eigenvalue weighted by Crippen LogP contribution is -2.74. The Bertz CT molecular complexity index is 1170. The molecule has 33 heavy (non-hydrogen) atoms. The number of rotatable bonds is 3. The molecule has 3 fully saturated rings. The molecule has 3 aliphatic rings. The summed E-state index contributed by atoms with van der Waals surface area (Å²) in [6.07, 6.45) is -2.78. The Kier molecular flexibility index (Phi) is 4.90. The molecule has 1 spiro atoms. The van der Waals surface area contributed by atoms with Crippen LogP contribution in [0.4, 0.5) is 22.4 Å². The third-order valence-electron chi connectivity index (χ3n) is 6.40. The average molecular weight is 489 g/mol. The highest BCUT2D eigenvalue weighted by Crippen LogP contribution is 2.43. The van der Waals surface area contributed by atoms with Crippen LogP contribution in [0.1, 0.15) is 18.0 Å². The van der Waals surface area contributed by atoms with Crippen molar-refractivity contribution in [3.63, 3.8) is 0 Å². The van der Waals surface area contributed by atoms with Crippen molar-refractivity contribution in [3.8, 4) is 0 Å². The van der Waals surface area contributed by atoms with Crippen LogP contribution in [0.5, 0.6) is 0 Å². The van der Waals surface area contributed by atoms with Gasteiger partial charge in [-0.3, -0.25) is 0 Å². The van der Waals surface area contributed by atoms with Gasteiger partial charge in [0.15, 0.2) is 0 Å². The molecule has 1 aromatic carbocycles. The minimum Gasteiger partial charge on any atom is -0.323 e. The summed E-state index contributed by atoms with van der Waals surface area (Å²) in [6, 6.07) is 1.51. The van der Waals surface area contributed by atoms with Crippen molar-refractivity contribution in [3.05, 3.63) is 35.9 Å². The van der Waals surface area contributed by atoms with Gasteiger partial charge in [0.25, 0.3) is 0 Å². The number of urea groups is 1. The average Bonchev–Trinajstić information content (AvgIpc) is 3.36. The number of aromatic nitrogens is 4. The highest BCUT2D eigenvalue weighted by Gasteiger charge is 2.57. The molecule has 2 aromatic rings. The number of carbonyl (C=O) groups excluding carboxylic acids is 1. The lowest BCUT2D eigenvalue weighted by molar-refractivity contribution is -0.140. The summed E-state index contributed by atoms with van der Waals surface area (Å²) in [5.74, 6) is -1.53. The van der Waals surface area contributed by atoms with E-state index in [9.17, 15) is 30.8 Å². The molecule has 1 atom stereocenters. The first-order valence-electron chi connectivity index (χ1n) is 10.1. The van der Waals surface area contributed by atoms with Crippen molar-refractivity contribution < 1.29 is 30.8 Å². The summed E-state index contributed by atoms with van der Waals surface area (Å²) in [5, 5.41) is 11.0. The topological polar surface area (TPSA) is 105 Å². The fourth-order valence-corrected chi connectivity index (χ4v) is 6.36. The van der Waals surface area contributed by atoms with Crippen LogP contribution in [-0.2, 0) is 16.2 Å². The smallest absolute Gasteiger partial charge is 0.323 e. The summed E-state index contributed by atoms with van der Waals surface area (Å²) in [5.41, 5.74) is -2.03. The fraction of sp³-hybridized carbons (Fsp3) is 0.556. The standard InChI is InChI=1S/C18H19F4N7O3S/c19-15-2-1-13(5-14(15)18(20,21)22)33(31,32)28-9-17(10-28)7-27(8-17)16(30)26-4-3-12(6-26)29-11-23-24-25-29/h1-2,5,11-12H,3-4,6-10H2/t12-/m0/s1. The van der Waals surface area contributed by atoms with Crippen LogP contribution >= 0.6 is 0 Å². The number of halogens is 4. The Labute approximate surface area is 185 Å². The Morgan fingerprint density at radius 1 is 1.12 bits per heavy atom. The number of alkyl halides is 3. The minimum absolute atomic E-state index is 0.000762. The first-order valence-corrected chi connectivity index (χ1v) is 11.6. The maximum Gasteiger partial charge on any atom is 0.419 e. The van der Waals surface area contributed by atoms with Gasteiger partial charge in [-0.15, -0.1) is 5.10 Å².